The highest BCUT2D eigenvalue weighted by atomic mass is 16.1. The van der Waals surface area contributed by atoms with Crippen LogP contribution in [0.5, 0.6) is 0 Å². The normalized spacial score (nSPS) is 11.4. The first-order chi connectivity index (χ1) is 25.9. The third-order valence-corrected chi connectivity index (χ3v) is 10.7. The maximum atomic E-state index is 16.1. The van der Waals surface area contributed by atoms with Gasteiger partial charge in [0.25, 0.3) is 0 Å². The van der Waals surface area contributed by atoms with E-state index in [1.807, 2.05) is 0 Å². The van der Waals surface area contributed by atoms with E-state index in [2.05, 4.69) is 189 Å². The van der Waals surface area contributed by atoms with Crippen LogP contribution in [0.3, 0.4) is 0 Å². The highest BCUT2D eigenvalue weighted by molar-refractivity contribution is 6.29. The Bertz CT molecular complexity index is 2540. The molecule has 8 aromatic rings. The molecule has 0 fully saturated rings. The van der Waals surface area contributed by atoms with Crippen LogP contribution in [0, 0.1) is 55.4 Å². The average molecular weight is 699 g/mol. The van der Waals surface area contributed by atoms with Gasteiger partial charge in [-0.25, -0.2) is 0 Å². The van der Waals surface area contributed by atoms with E-state index in [4.69, 9.17) is 0 Å². The lowest BCUT2D eigenvalue weighted by molar-refractivity contribution is 0.104. The third kappa shape index (κ3) is 6.45. The van der Waals surface area contributed by atoms with Gasteiger partial charge in [0.2, 0.25) is 0 Å². The van der Waals surface area contributed by atoms with Gasteiger partial charge in [0, 0.05) is 11.1 Å². The molecule has 54 heavy (non-hydrogen) atoms. The van der Waals surface area contributed by atoms with Crippen LogP contribution in [0.25, 0.3) is 66.1 Å². The molecule has 0 spiro atoms. The number of carbonyl (C=O) groups excluding carboxylic acids is 1. The summed E-state index contributed by atoms with van der Waals surface area (Å²) in [5.74, 6) is 0.0321. The summed E-state index contributed by atoms with van der Waals surface area (Å²) in [5.41, 5.74) is 19.6. The van der Waals surface area contributed by atoms with Crippen molar-refractivity contribution in [2.24, 2.45) is 0 Å². The highest BCUT2D eigenvalue weighted by Crippen LogP contribution is 2.44. The van der Waals surface area contributed by atoms with E-state index in [1.54, 1.807) is 0 Å². The summed E-state index contributed by atoms with van der Waals surface area (Å²) in [7, 11) is 0. The Hall–Kier alpha value is -6.05. The number of carbonyl (C=O) groups is 1. The predicted octanol–water partition coefficient (Wildman–Crippen LogP) is 14.4. The summed E-state index contributed by atoms with van der Waals surface area (Å²) >= 11 is 0. The molecular weight excluding hydrogens is 653 g/mol. The minimum atomic E-state index is 0.0321. The quantitative estimate of drug-likeness (QED) is 0.158. The van der Waals surface area contributed by atoms with Crippen molar-refractivity contribution in [2.45, 2.75) is 55.4 Å². The fourth-order valence-electron chi connectivity index (χ4n) is 8.82. The van der Waals surface area contributed by atoms with Gasteiger partial charge < -0.3 is 0 Å². The molecule has 0 N–H and O–H groups in total. The maximum absolute atomic E-state index is 16.1. The number of hydrogen-bond acceptors (Lipinski definition) is 1. The lowest BCUT2D eigenvalue weighted by Crippen LogP contribution is -2.09. The predicted molar refractivity (Wildman–Crippen MR) is 231 cm³/mol. The Balaban J connectivity index is 1.52. The third-order valence-electron chi connectivity index (χ3n) is 10.7. The number of hydrogen-bond donors (Lipinski definition) is 0. The van der Waals surface area contributed by atoms with E-state index in [0.29, 0.717) is 0 Å². The molecule has 8 rings (SSSR count). The Morgan fingerprint density at radius 3 is 0.815 bits per heavy atom. The molecule has 264 valence electrons. The zero-order valence-corrected chi connectivity index (χ0v) is 32.6. The van der Waals surface area contributed by atoms with Crippen LogP contribution in [0.15, 0.2) is 133 Å². The van der Waals surface area contributed by atoms with Crippen LogP contribution in [-0.2, 0) is 0 Å². The second-order valence-corrected chi connectivity index (χ2v) is 15.6. The van der Waals surface area contributed by atoms with Crippen molar-refractivity contribution in [3.63, 3.8) is 0 Å². The first-order valence-electron chi connectivity index (χ1n) is 18.9. The molecule has 0 amide bonds. The van der Waals surface area contributed by atoms with Crippen LogP contribution >= 0.6 is 0 Å². The molecule has 0 bridgehead atoms. The Labute approximate surface area is 320 Å². The SMILES string of the molecule is Cc1cc(C)cc(-c2cc(-c3cc(C)cc(C)c3)c3ccccc3c2C(=O)c2c(-c3cc(C)cc(C)c3)cc(-c3cc(C)cc(C)c3)c3ccccc23)c1. The molecule has 0 aliphatic heterocycles. The van der Waals surface area contributed by atoms with E-state index < -0.39 is 0 Å². The van der Waals surface area contributed by atoms with Crippen molar-refractivity contribution in [1.82, 2.24) is 0 Å². The molecule has 0 saturated heterocycles. The van der Waals surface area contributed by atoms with Crippen LogP contribution in [0.2, 0.25) is 0 Å². The van der Waals surface area contributed by atoms with Gasteiger partial charge in [-0.1, -0.05) is 166 Å². The van der Waals surface area contributed by atoms with Crippen LogP contribution < -0.4 is 0 Å². The lowest BCUT2D eigenvalue weighted by atomic mass is 9.80. The van der Waals surface area contributed by atoms with E-state index >= 15 is 4.79 Å². The summed E-state index contributed by atoms with van der Waals surface area (Å²) in [6.45, 7) is 17.2. The van der Waals surface area contributed by atoms with Gasteiger partial charge in [-0.15, -0.1) is 0 Å². The van der Waals surface area contributed by atoms with Crippen LogP contribution in [0.1, 0.15) is 60.4 Å². The molecule has 0 aromatic heterocycles. The van der Waals surface area contributed by atoms with Gasteiger partial charge in [-0.3, -0.25) is 4.79 Å². The standard InChI is InChI=1S/C53H46O/c1-31-17-32(2)22-39(21-31)47-29-49(41-25-35(5)19-36(6)26-41)51(45-15-11-9-13-43(45)47)53(54)52-46-16-12-10-14-44(46)48(40-23-33(3)18-34(4)24-40)30-50(52)42-27-37(7)20-38(8)28-42/h9-30H,1-8H3. The van der Waals surface area contributed by atoms with Crippen molar-refractivity contribution >= 4 is 27.3 Å². The van der Waals surface area contributed by atoms with Crippen molar-refractivity contribution in [3.05, 3.63) is 189 Å². The van der Waals surface area contributed by atoms with Crippen LogP contribution in [0.4, 0.5) is 0 Å². The van der Waals surface area contributed by atoms with Gasteiger partial charge >= 0.3 is 0 Å². The van der Waals surface area contributed by atoms with Gasteiger partial charge in [0.05, 0.1) is 0 Å². The largest absolute Gasteiger partial charge is 0.289 e. The Kier molecular flexibility index (Phi) is 8.90. The molecular formula is C53H46O. The average Bonchev–Trinajstić information content (AvgIpc) is 3.11. The van der Waals surface area contributed by atoms with E-state index in [9.17, 15) is 0 Å². The van der Waals surface area contributed by atoms with Gasteiger partial charge in [0.15, 0.2) is 5.78 Å². The summed E-state index contributed by atoms with van der Waals surface area (Å²) in [6.07, 6.45) is 0. The first-order valence-corrected chi connectivity index (χ1v) is 18.9. The monoisotopic (exact) mass is 698 g/mol. The summed E-state index contributed by atoms with van der Waals surface area (Å²) in [5, 5.41) is 4.07. The zero-order valence-electron chi connectivity index (χ0n) is 32.6. The highest BCUT2D eigenvalue weighted by Gasteiger charge is 2.27. The fourth-order valence-corrected chi connectivity index (χ4v) is 8.82. The molecule has 8 aromatic carbocycles. The molecule has 0 unspecified atom stereocenters. The van der Waals surface area contributed by atoms with Crippen molar-refractivity contribution in [2.75, 3.05) is 0 Å². The second-order valence-electron chi connectivity index (χ2n) is 15.6. The molecule has 0 aliphatic rings. The number of aryl methyl sites for hydroxylation is 8. The number of benzene rings is 8. The van der Waals surface area contributed by atoms with Gasteiger partial charge in [0.1, 0.15) is 0 Å². The molecule has 0 atom stereocenters. The minimum Gasteiger partial charge on any atom is -0.289 e. The number of fused-ring (bicyclic) bond motifs is 2. The molecule has 0 radical (unpaired) electrons. The lowest BCUT2D eigenvalue weighted by Gasteiger charge is -2.22. The van der Waals surface area contributed by atoms with Gasteiger partial charge in [-0.2, -0.15) is 0 Å². The molecule has 1 nitrogen and oxygen atoms in total. The fraction of sp³-hybridized carbons (Fsp3) is 0.151. The van der Waals surface area contributed by atoms with Crippen molar-refractivity contribution < 1.29 is 4.79 Å². The molecule has 0 heterocycles. The Morgan fingerprint density at radius 1 is 0.296 bits per heavy atom. The zero-order chi connectivity index (χ0) is 37.8. The van der Waals surface area contributed by atoms with E-state index in [1.165, 1.54) is 44.5 Å². The molecule has 0 saturated carbocycles. The minimum absolute atomic E-state index is 0.0321. The molecule has 0 aliphatic carbocycles. The van der Waals surface area contributed by atoms with Crippen molar-refractivity contribution in [3.8, 4) is 44.5 Å². The number of ketones is 1. The van der Waals surface area contributed by atoms with Crippen molar-refractivity contribution in [1.29, 1.82) is 0 Å². The maximum Gasteiger partial charge on any atom is 0.195 e. The summed E-state index contributed by atoms with van der Waals surface area (Å²) < 4.78 is 0. The molecule has 1 heteroatoms. The first kappa shape index (κ1) is 35.0. The topological polar surface area (TPSA) is 17.1 Å². The Morgan fingerprint density at radius 2 is 0.537 bits per heavy atom. The summed E-state index contributed by atoms with van der Waals surface area (Å²) in [6, 6.07) is 48.3. The van der Waals surface area contributed by atoms with Gasteiger partial charge in [-0.05, 0) is 134 Å². The number of rotatable bonds is 6. The smallest absolute Gasteiger partial charge is 0.195 e. The van der Waals surface area contributed by atoms with E-state index in [-0.39, 0.29) is 5.78 Å². The van der Waals surface area contributed by atoms with E-state index in [0.717, 1.165) is 77.2 Å². The second kappa shape index (κ2) is 13.7. The van der Waals surface area contributed by atoms with Crippen LogP contribution in [-0.4, -0.2) is 5.78 Å². The summed E-state index contributed by atoms with van der Waals surface area (Å²) in [4.78, 5) is 16.1.